The minimum atomic E-state index is -0.536. The molecule has 19 heteroatoms. The highest BCUT2D eigenvalue weighted by molar-refractivity contribution is 9.10. The lowest BCUT2D eigenvalue weighted by Gasteiger charge is -2.41. The summed E-state index contributed by atoms with van der Waals surface area (Å²) in [6.07, 6.45) is -0.996. The van der Waals surface area contributed by atoms with E-state index in [9.17, 15) is 19.2 Å². The third-order valence-corrected chi connectivity index (χ3v) is 10.7. The minimum absolute atomic E-state index is 0.142. The molecule has 2 atom stereocenters. The Morgan fingerprint density at radius 1 is 0.733 bits per heavy atom. The molecule has 2 aromatic carbocycles. The number of nitrogens with one attached hydrogen (secondary N) is 2. The van der Waals surface area contributed by atoms with E-state index in [1.165, 1.54) is 0 Å². The van der Waals surface area contributed by atoms with Gasteiger partial charge in [0.2, 0.25) is 0 Å². The monoisotopic (exact) mass is 894 g/mol. The molecule has 0 bridgehead atoms. The van der Waals surface area contributed by atoms with Crippen LogP contribution in [-0.2, 0) is 19.1 Å². The van der Waals surface area contributed by atoms with Gasteiger partial charge in [-0.15, -0.1) is 0 Å². The number of rotatable bonds is 5. The number of anilines is 2. The first-order chi connectivity index (χ1) is 28.2. The van der Waals surface area contributed by atoms with Gasteiger partial charge in [0.15, 0.2) is 11.7 Å². The van der Waals surface area contributed by atoms with Gasteiger partial charge in [-0.05, 0) is 89.9 Å². The summed E-state index contributed by atoms with van der Waals surface area (Å²) in [4.78, 5) is 55.4. The van der Waals surface area contributed by atoms with E-state index in [-0.39, 0.29) is 49.4 Å². The Bertz CT molecular complexity index is 2170. The molecule has 18 nitrogen and oxygen atoms in total. The van der Waals surface area contributed by atoms with Gasteiger partial charge in [0.05, 0.1) is 42.0 Å². The highest BCUT2D eigenvalue weighted by Gasteiger charge is 2.40. The molecule has 8 rings (SSSR count). The molecular formula is C41H51BrN8O10. The normalized spacial score (nSPS) is 20.8. The Labute approximate surface area is 356 Å². The van der Waals surface area contributed by atoms with Crippen LogP contribution >= 0.6 is 15.9 Å². The molecule has 6 aliphatic heterocycles. The Morgan fingerprint density at radius 2 is 1.15 bits per heavy atom. The first-order valence-electron chi connectivity index (χ1n) is 19.7. The number of likely N-dealkylation sites (tertiary alicyclic amines) is 2. The lowest BCUT2D eigenvalue weighted by molar-refractivity contribution is -0.123. The van der Waals surface area contributed by atoms with Crippen molar-refractivity contribution in [1.82, 2.24) is 20.7 Å². The first-order valence-corrected chi connectivity index (χ1v) is 20.5. The Morgan fingerprint density at radius 3 is 1.58 bits per heavy atom. The van der Waals surface area contributed by atoms with Gasteiger partial charge >= 0.3 is 12.2 Å². The number of halogens is 1. The molecule has 322 valence electrons. The summed E-state index contributed by atoms with van der Waals surface area (Å²) < 4.78 is 35.5. The number of carbonyl (C=O) groups excluding carboxylic acids is 4. The summed E-state index contributed by atoms with van der Waals surface area (Å²) >= 11 is 3.52. The Kier molecular flexibility index (Phi) is 11.3. The third-order valence-electron chi connectivity index (χ3n) is 10.0. The highest BCUT2D eigenvalue weighted by Crippen LogP contribution is 2.44. The Balaban J connectivity index is 0.000000182. The zero-order valence-corrected chi connectivity index (χ0v) is 36.8. The number of amidine groups is 2. The number of hydrazone groups is 2. The summed E-state index contributed by atoms with van der Waals surface area (Å²) in [5.74, 6) is 3.44. The fourth-order valence-corrected chi connectivity index (χ4v) is 7.35. The second-order valence-corrected chi connectivity index (χ2v) is 18.1. The summed E-state index contributed by atoms with van der Waals surface area (Å²) in [5.41, 5.74) is 7.05. The van der Waals surface area contributed by atoms with Crippen LogP contribution in [0.5, 0.6) is 23.0 Å². The summed E-state index contributed by atoms with van der Waals surface area (Å²) in [5, 5.41) is 8.21. The molecule has 0 saturated carbocycles. The molecule has 6 heterocycles. The lowest BCUT2D eigenvalue weighted by atomic mass is 10.0. The maximum Gasteiger partial charge on any atom is 0.410 e. The van der Waals surface area contributed by atoms with Crippen molar-refractivity contribution < 1.29 is 47.6 Å². The number of ether oxygens (including phenoxy) is 6. The van der Waals surface area contributed by atoms with Gasteiger partial charge in [-0.2, -0.15) is 10.2 Å². The second kappa shape index (κ2) is 16.0. The number of fused-ring (bicyclic) bond motifs is 6. The molecule has 2 aromatic rings. The van der Waals surface area contributed by atoms with Crippen LogP contribution in [0.25, 0.3) is 5.57 Å². The number of nitrogens with zero attached hydrogens (tertiary/aromatic N) is 6. The van der Waals surface area contributed by atoms with E-state index < -0.39 is 23.3 Å². The van der Waals surface area contributed by atoms with Crippen LogP contribution in [0.2, 0.25) is 0 Å². The molecule has 0 radical (unpaired) electrons. The zero-order chi connectivity index (χ0) is 43.4. The van der Waals surface area contributed by atoms with E-state index in [4.69, 9.17) is 28.4 Å². The van der Waals surface area contributed by atoms with Gasteiger partial charge in [-0.25, -0.2) is 20.4 Å². The number of allylic oxidation sites excluding steroid dienone is 1. The first kappa shape index (κ1) is 42.4. The lowest BCUT2D eigenvalue weighted by Crippen LogP contribution is -2.57. The molecule has 0 spiro atoms. The smallest absolute Gasteiger partial charge is 0.410 e. The number of hydrogen-bond donors (Lipinski definition) is 2. The SMILES string of the molecule is C=C(C)c1cc2c(cc1OC1CN(C(=O)OC(C)(C)C)C1)N1C(=NNC(=O)C1C)CO2.CC1C(=O)NN=C2COc3cc(Br)c(OC4CN(C(=O)OC(C)(C)C)C4)cc3N21. The average Bonchev–Trinajstić information content (AvgIpc) is 3.12. The predicted molar refractivity (Wildman–Crippen MR) is 226 cm³/mol. The largest absolute Gasteiger partial charge is 0.486 e. The molecule has 2 saturated heterocycles. The summed E-state index contributed by atoms with van der Waals surface area (Å²) in [7, 11) is 0. The van der Waals surface area contributed by atoms with Crippen molar-refractivity contribution in [2.24, 2.45) is 10.2 Å². The second-order valence-electron chi connectivity index (χ2n) is 17.3. The van der Waals surface area contributed by atoms with Crippen molar-refractivity contribution in [3.8, 4) is 23.0 Å². The van der Waals surface area contributed by atoms with Crippen LogP contribution < -0.4 is 39.6 Å². The standard InChI is InChI=1S/C22H28N4O5.C19H23BrN4O5/c1-12(2)15-7-18-16(26-13(3)20(27)24-23-19(26)11-29-18)8-17(15)30-14-9-25(10-14)21(28)31-22(4,5)6;1-10-17(25)22-21-16-9-27-15-5-12(20)14(6-13(15)24(10)16)28-11-7-23(8-11)18(26)29-19(2,3)4/h7-8,13-14H,1,9-11H2,2-6H3,(H,24,27);5-6,10-11H,7-9H2,1-4H3,(H,22,25). The van der Waals surface area contributed by atoms with Gasteiger partial charge in [0.1, 0.15) is 71.7 Å². The third kappa shape index (κ3) is 8.90. The maximum atomic E-state index is 12.2. The van der Waals surface area contributed by atoms with Gasteiger partial charge in [-0.1, -0.05) is 6.58 Å². The van der Waals surface area contributed by atoms with Gasteiger partial charge in [0, 0.05) is 23.8 Å². The molecule has 0 aliphatic carbocycles. The van der Waals surface area contributed by atoms with E-state index in [1.54, 1.807) is 9.80 Å². The van der Waals surface area contributed by atoms with Crippen molar-refractivity contribution in [1.29, 1.82) is 0 Å². The average molecular weight is 896 g/mol. The molecule has 2 fully saturated rings. The highest BCUT2D eigenvalue weighted by atomic mass is 79.9. The van der Waals surface area contributed by atoms with Crippen molar-refractivity contribution in [2.75, 3.05) is 49.2 Å². The maximum absolute atomic E-state index is 12.2. The minimum Gasteiger partial charge on any atom is -0.486 e. The molecule has 60 heavy (non-hydrogen) atoms. The molecular weight excluding hydrogens is 844 g/mol. The van der Waals surface area contributed by atoms with Crippen LogP contribution in [0.15, 0.2) is 45.5 Å². The predicted octanol–water partition coefficient (Wildman–Crippen LogP) is 5.23. The number of hydrogen-bond acceptors (Lipinski definition) is 14. The van der Waals surface area contributed by atoms with Crippen LogP contribution in [0.4, 0.5) is 21.0 Å². The van der Waals surface area contributed by atoms with E-state index >= 15 is 0 Å². The Hall–Kier alpha value is -5.72. The van der Waals surface area contributed by atoms with E-state index in [0.717, 1.165) is 27.0 Å². The quantitative estimate of drug-likeness (QED) is 0.399. The van der Waals surface area contributed by atoms with Crippen molar-refractivity contribution >= 4 is 68.5 Å². The molecule has 6 aliphatic rings. The van der Waals surface area contributed by atoms with E-state index in [2.05, 4.69) is 43.6 Å². The molecule has 4 amide bonds. The number of benzene rings is 2. The van der Waals surface area contributed by atoms with Crippen molar-refractivity contribution in [2.45, 2.75) is 97.8 Å². The number of carbonyl (C=O) groups is 4. The fraction of sp³-hybridized carbons (Fsp3) is 0.512. The van der Waals surface area contributed by atoms with Gasteiger partial charge in [-0.3, -0.25) is 9.59 Å². The zero-order valence-electron chi connectivity index (χ0n) is 35.2. The van der Waals surface area contributed by atoms with E-state index in [0.29, 0.717) is 60.8 Å². The summed E-state index contributed by atoms with van der Waals surface area (Å²) in [6.45, 7) is 22.9. The van der Waals surface area contributed by atoms with Crippen LogP contribution in [0.3, 0.4) is 0 Å². The number of amides is 4. The van der Waals surface area contributed by atoms with Crippen LogP contribution in [0, 0.1) is 0 Å². The van der Waals surface area contributed by atoms with Crippen LogP contribution in [0.1, 0.15) is 67.9 Å². The molecule has 2 unspecified atom stereocenters. The van der Waals surface area contributed by atoms with Crippen molar-refractivity contribution in [3.05, 3.63) is 40.9 Å². The van der Waals surface area contributed by atoms with E-state index in [1.807, 2.05) is 96.4 Å². The fourth-order valence-electron chi connectivity index (χ4n) is 6.94. The molecule has 0 aromatic heterocycles. The van der Waals surface area contributed by atoms with Crippen molar-refractivity contribution in [3.63, 3.8) is 0 Å². The van der Waals surface area contributed by atoms with Crippen LogP contribution in [-0.4, -0.2) is 120 Å². The summed E-state index contributed by atoms with van der Waals surface area (Å²) in [6, 6.07) is 6.56. The topological polar surface area (TPSA) is 185 Å². The van der Waals surface area contributed by atoms with Gasteiger partial charge in [0.25, 0.3) is 11.8 Å². The molecule has 2 N–H and O–H groups in total. The van der Waals surface area contributed by atoms with Gasteiger partial charge < -0.3 is 48.0 Å².